The van der Waals surface area contributed by atoms with E-state index in [1.54, 1.807) is 25.1 Å². The number of benzene rings is 2. The molecule has 0 aliphatic heterocycles. The highest BCUT2D eigenvalue weighted by molar-refractivity contribution is 5.95. The minimum atomic E-state index is -0.370. The van der Waals surface area contributed by atoms with E-state index in [-0.39, 0.29) is 17.3 Å². The quantitative estimate of drug-likeness (QED) is 0.770. The first-order valence-electron chi connectivity index (χ1n) is 8.78. The van der Waals surface area contributed by atoms with Crippen LogP contribution in [0.25, 0.3) is 5.69 Å². The molecule has 0 spiro atoms. The van der Waals surface area contributed by atoms with Crippen LogP contribution in [0.2, 0.25) is 0 Å². The molecule has 5 heteroatoms. The zero-order chi connectivity index (χ0) is 18.1. The molecule has 0 bridgehead atoms. The van der Waals surface area contributed by atoms with E-state index >= 15 is 0 Å². The SMILES string of the molecule is Cc1c(C(=O)NC2(c3ccccc3)CCC2)cnn1-c1ccccc1F. The van der Waals surface area contributed by atoms with Gasteiger partial charge in [-0.05, 0) is 43.9 Å². The summed E-state index contributed by atoms with van der Waals surface area (Å²) in [7, 11) is 0. The van der Waals surface area contributed by atoms with Crippen molar-refractivity contribution in [2.75, 3.05) is 0 Å². The summed E-state index contributed by atoms with van der Waals surface area (Å²) in [6, 6.07) is 16.5. The minimum absolute atomic E-state index is 0.173. The Hall–Kier alpha value is -2.95. The third kappa shape index (κ3) is 2.69. The monoisotopic (exact) mass is 349 g/mol. The molecule has 1 aliphatic carbocycles. The van der Waals surface area contributed by atoms with Crippen molar-refractivity contribution in [1.29, 1.82) is 0 Å². The van der Waals surface area contributed by atoms with Crippen molar-refractivity contribution < 1.29 is 9.18 Å². The topological polar surface area (TPSA) is 46.9 Å². The highest BCUT2D eigenvalue weighted by Crippen LogP contribution is 2.41. The Morgan fingerprint density at radius 2 is 1.81 bits per heavy atom. The number of hydrogen-bond donors (Lipinski definition) is 1. The zero-order valence-corrected chi connectivity index (χ0v) is 14.6. The number of rotatable bonds is 4. The van der Waals surface area contributed by atoms with Gasteiger partial charge in [-0.15, -0.1) is 0 Å². The Balaban J connectivity index is 1.63. The van der Waals surface area contributed by atoms with Gasteiger partial charge < -0.3 is 5.32 Å². The molecule has 1 saturated carbocycles. The number of carbonyl (C=O) groups is 1. The van der Waals surface area contributed by atoms with E-state index in [9.17, 15) is 9.18 Å². The Bertz CT molecular complexity index is 945. The van der Waals surface area contributed by atoms with Gasteiger partial charge in [0.15, 0.2) is 0 Å². The average molecular weight is 349 g/mol. The fraction of sp³-hybridized carbons (Fsp3) is 0.238. The van der Waals surface area contributed by atoms with Crippen LogP contribution in [-0.4, -0.2) is 15.7 Å². The molecule has 1 aromatic heterocycles. The largest absolute Gasteiger partial charge is 0.342 e. The first-order chi connectivity index (χ1) is 12.6. The van der Waals surface area contributed by atoms with E-state index in [0.29, 0.717) is 16.9 Å². The second kappa shape index (κ2) is 6.41. The fourth-order valence-corrected chi connectivity index (χ4v) is 3.56. The summed E-state index contributed by atoms with van der Waals surface area (Å²) in [5, 5.41) is 7.43. The summed E-state index contributed by atoms with van der Waals surface area (Å²) in [4.78, 5) is 12.9. The molecule has 26 heavy (non-hydrogen) atoms. The molecule has 0 unspecified atom stereocenters. The van der Waals surface area contributed by atoms with Crippen molar-refractivity contribution in [2.24, 2.45) is 0 Å². The summed E-state index contributed by atoms with van der Waals surface area (Å²) in [5.41, 5.74) is 2.24. The molecule has 1 heterocycles. The van der Waals surface area contributed by atoms with Gasteiger partial charge in [-0.1, -0.05) is 42.5 Å². The second-order valence-electron chi connectivity index (χ2n) is 6.76. The number of carbonyl (C=O) groups excluding carboxylic acids is 1. The molecule has 0 saturated heterocycles. The van der Waals surface area contributed by atoms with Crippen molar-refractivity contribution in [3.63, 3.8) is 0 Å². The molecular weight excluding hydrogens is 329 g/mol. The standard InChI is InChI=1S/C21H20FN3O/c1-15-17(14-23-25(15)19-11-6-5-10-18(19)22)20(26)24-21(12-7-13-21)16-8-3-2-4-9-16/h2-6,8-11,14H,7,12-13H2,1H3,(H,24,26). The molecule has 4 nitrogen and oxygen atoms in total. The van der Waals surface area contributed by atoms with Gasteiger partial charge in [0.25, 0.3) is 5.91 Å². The first kappa shape index (κ1) is 16.5. The Kier molecular flexibility index (Phi) is 4.07. The van der Waals surface area contributed by atoms with Crippen LogP contribution in [0, 0.1) is 12.7 Å². The highest BCUT2D eigenvalue weighted by atomic mass is 19.1. The van der Waals surface area contributed by atoms with Gasteiger partial charge in [0.2, 0.25) is 0 Å². The number of nitrogens with zero attached hydrogens (tertiary/aromatic N) is 2. The van der Waals surface area contributed by atoms with Crippen molar-refractivity contribution >= 4 is 5.91 Å². The van der Waals surface area contributed by atoms with Gasteiger partial charge in [-0.2, -0.15) is 5.10 Å². The van der Waals surface area contributed by atoms with Gasteiger partial charge >= 0.3 is 0 Å². The Morgan fingerprint density at radius 1 is 1.12 bits per heavy atom. The molecule has 0 atom stereocenters. The van der Waals surface area contributed by atoms with Crippen LogP contribution in [0.15, 0.2) is 60.8 Å². The van der Waals surface area contributed by atoms with Crippen LogP contribution in [0.3, 0.4) is 0 Å². The Morgan fingerprint density at radius 3 is 2.46 bits per heavy atom. The lowest BCUT2D eigenvalue weighted by atomic mass is 9.71. The molecule has 1 fully saturated rings. The van der Waals surface area contributed by atoms with Crippen molar-refractivity contribution in [3.8, 4) is 5.69 Å². The maximum Gasteiger partial charge on any atom is 0.255 e. The third-order valence-corrected chi connectivity index (χ3v) is 5.22. The molecule has 4 rings (SSSR count). The molecular formula is C21H20FN3O. The smallest absolute Gasteiger partial charge is 0.255 e. The van der Waals surface area contributed by atoms with Crippen molar-refractivity contribution in [1.82, 2.24) is 15.1 Å². The minimum Gasteiger partial charge on any atom is -0.342 e. The average Bonchev–Trinajstić information content (AvgIpc) is 3.01. The lowest BCUT2D eigenvalue weighted by Gasteiger charge is -2.43. The van der Waals surface area contributed by atoms with Crippen LogP contribution in [0.4, 0.5) is 4.39 Å². The van der Waals surface area contributed by atoms with E-state index in [4.69, 9.17) is 0 Å². The van der Waals surface area contributed by atoms with E-state index in [0.717, 1.165) is 24.8 Å². The van der Waals surface area contributed by atoms with Crippen LogP contribution >= 0.6 is 0 Å². The van der Waals surface area contributed by atoms with Crippen molar-refractivity contribution in [2.45, 2.75) is 31.7 Å². The van der Waals surface area contributed by atoms with Crippen LogP contribution < -0.4 is 5.32 Å². The zero-order valence-electron chi connectivity index (χ0n) is 14.6. The second-order valence-corrected chi connectivity index (χ2v) is 6.76. The number of aromatic nitrogens is 2. The van der Waals surface area contributed by atoms with Gasteiger partial charge in [0, 0.05) is 0 Å². The molecule has 1 aliphatic rings. The van der Waals surface area contributed by atoms with E-state index in [2.05, 4.69) is 22.5 Å². The van der Waals surface area contributed by atoms with Gasteiger partial charge in [-0.25, -0.2) is 9.07 Å². The maximum absolute atomic E-state index is 14.1. The number of nitrogens with one attached hydrogen (secondary N) is 1. The van der Waals surface area contributed by atoms with Gasteiger partial charge in [0.05, 0.1) is 23.0 Å². The lowest BCUT2D eigenvalue weighted by molar-refractivity contribution is 0.0822. The molecule has 132 valence electrons. The summed E-state index contributed by atoms with van der Waals surface area (Å²) < 4.78 is 15.5. The summed E-state index contributed by atoms with van der Waals surface area (Å²) in [6.45, 7) is 1.78. The number of hydrogen-bond acceptors (Lipinski definition) is 2. The normalized spacial score (nSPS) is 15.3. The van der Waals surface area contributed by atoms with Gasteiger partial charge in [-0.3, -0.25) is 4.79 Å². The molecule has 0 radical (unpaired) electrons. The predicted molar refractivity (Wildman–Crippen MR) is 97.7 cm³/mol. The highest BCUT2D eigenvalue weighted by Gasteiger charge is 2.40. The third-order valence-electron chi connectivity index (χ3n) is 5.22. The predicted octanol–water partition coefficient (Wildman–Crippen LogP) is 4.13. The lowest BCUT2D eigenvalue weighted by Crippen LogP contribution is -2.50. The Labute approximate surface area is 151 Å². The number of halogens is 1. The van der Waals surface area contributed by atoms with Crippen molar-refractivity contribution in [3.05, 3.63) is 83.4 Å². The summed E-state index contributed by atoms with van der Waals surface area (Å²) >= 11 is 0. The van der Waals surface area contributed by atoms with E-state index in [1.165, 1.54) is 16.9 Å². The first-order valence-corrected chi connectivity index (χ1v) is 8.78. The van der Waals surface area contributed by atoms with Crippen LogP contribution in [-0.2, 0) is 5.54 Å². The van der Waals surface area contributed by atoms with Crippen LogP contribution in [0.1, 0.15) is 40.9 Å². The maximum atomic E-state index is 14.1. The molecule has 2 aromatic carbocycles. The summed E-state index contributed by atoms with van der Waals surface area (Å²) in [5.74, 6) is -0.543. The molecule has 1 amide bonds. The van der Waals surface area contributed by atoms with E-state index in [1.807, 2.05) is 18.2 Å². The number of para-hydroxylation sites is 1. The van der Waals surface area contributed by atoms with Crippen LogP contribution in [0.5, 0.6) is 0 Å². The molecule has 1 N–H and O–H groups in total. The number of amides is 1. The summed E-state index contributed by atoms with van der Waals surface area (Å²) in [6.07, 6.45) is 4.43. The van der Waals surface area contributed by atoms with E-state index < -0.39 is 0 Å². The fourth-order valence-electron chi connectivity index (χ4n) is 3.56. The van der Waals surface area contributed by atoms with Gasteiger partial charge in [0.1, 0.15) is 11.5 Å². The molecule has 3 aromatic rings.